The topological polar surface area (TPSA) is 105 Å². The first-order valence-corrected chi connectivity index (χ1v) is 14.6. The van der Waals surface area contributed by atoms with Crippen LogP contribution in [0, 0.1) is 5.92 Å². The molecule has 0 unspecified atom stereocenters. The number of rotatable bonds is 11. The van der Waals surface area contributed by atoms with E-state index in [1.165, 1.54) is 0 Å². The lowest BCUT2D eigenvalue weighted by Gasteiger charge is -2.40. The third-order valence-electron chi connectivity index (χ3n) is 8.02. The van der Waals surface area contributed by atoms with E-state index in [-0.39, 0.29) is 37.0 Å². The Balaban J connectivity index is 1.52. The van der Waals surface area contributed by atoms with Crippen molar-refractivity contribution < 1.29 is 28.7 Å². The molecule has 2 saturated heterocycles. The highest BCUT2D eigenvalue weighted by atomic mass is 16.5. The number of likely N-dealkylation sites (tertiary alicyclic amines) is 2. The van der Waals surface area contributed by atoms with Gasteiger partial charge in [0.2, 0.25) is 5.91 Å². The Kier molecular flexibility index (Phi) is 10.5. The number of benzene rings is 2. The Labute approximate surface area is 242 Å². The van der Waals surface area contributed by atoms with Gasteiger partial charge >= 0.3 is 11.9 Å². The number of hydrogen-bond acceptors (Lipinski definition) is 7. The second-order valence-corrected chi connectivity index (χ2v) is 10.7. The summed E-state index contributed by atoms with van der Waals surface area (Å²) >= 11 is 0. The van der Waals surface area contributed by atoms with Crippen molar-refractivity contribution in [2.45, 2.75) is 70.6 Å². The lowest BCUT2D eigenvalue weighted by Crippen LogP contribution is -2.59. The van der Waals surface area contributed by atoms with Gasteiger partial charge in [0.25, 0.3) is 5.91 Å². The Bertz CT molecular complexity index is 1190. The van der Waals surface area contributed by atoms with Crippen molar-refractivity contribution in [2.24, 2.45) is 5.92 Å². The highest BCUT2D eigenvalue weighted by molar-refractivity contribution is 5.94. The molecule has 0 saturated carbocycles. The molecule has 0 aliphatic carbocycles. The van der Waals surface area contributed by atoms with Crippen molar-refractivity contribution in [3.63, 3.8) is 0 Å². The maximum absolute atomic E-state index is 14.1. The minimum absolute atomic E-state index is 0.0688. The van der Waals surface area contributed by atoms with Crippen LogP contribution in [-0.2, 0) is 30.3 Å². The molecule has 9 nitrogen and oxygen atoms in total. The van der Waals surface area contributed by atoms with Crippen molar-refractivity contribution in [1.82, 2.24) is 15.1 Å². The molecule has 0 spiro atoms. The molecule has 2 fully saturated rings. The largest absolute Gasteiger partial charge is 0.465 e. The molecule has 2 aliphatic heterocycles. The zero-order valence-corrected chi connectivity index (χ0v) is 24.2. The van der Waals surface area contributed by atoms with Crippen molar-refractivity contribution >= 4 is 23.8 Å². The van der Waals surface area contributed by atoms with Crippen LogP contribution in [0.1, 0.15) is 56.0 Å². The molecule has 1 N–H and O–H groups in total. The molecule has 0 aromatic heterocycles. The number of esters is 2. The van der Waals surface area contributed by atoms with Gasteiger partial charge in [-0.3, -0.25) is 19.7 Å². The number of aryl methyl sites for hydroxylation is 1. The number of piperidine rings is 1. The van der Waals surface area contributed by atoms with Gasteiger partial charge in [-0.05, 0) is 70.1 Å². The summed E-state index contributed by atoms with van der Waals surface area (Å²) in [6.07, 6.45) is 2.26. The standard InChI is InChI=1S/C32H41N3O6/c1-4-40-31(38)26(17-16-23-12-8-6-9-13-23)33-22(3)29(36)35-27(32(39)41-5-2)20-25-18-19-34(21-28(25)35)30(37)24-14-10-7-11-15-24/h6-15,22,25-28,33H,4-5,16-21H2,1-3H3/t22-,25-,26+,27+,28-/m1/s1. The Morgan fingerprint density at radius 2 is 1.61 bits per heavy atom. The first-order chi connectivity index (χ1) is 19.8. The van der Waals surface area contributed by atoms with Crippen LogP contribution >= 0.6 is 0 Å². The van der Waals surface area contributed by atoms with Crippen molar-refractivity contribution in [2.75, 3.05) is 26.3 Å². The van der Waals surface area contributed by atoms with Gasteiger partial charge in [0.1, 0.15) is 12.1 Å². The van der Waals surface area contributed by atoms with Gasteiger partial charge in [-0.25, -0.2) is 4.79 Å². The van der Waals surface area contributed by atoms with Crippen LogP contribution in [0.25, 0.3) is 0 Å². The number of carbonyl (C=O) groups is 4. The third-order valence-corrected chi connectivity index (χ3v) is 8.02. The summed E-state index contributed by atoms with van der Waals surface area (Å²) in [5.41, 5.74) is 1.67. The zero-order valence-electron chi connectivity index (χ0n) is 24.2. The van der Waals surface area contributed by atoms with Gasteiger partial charge in [0, 0.05) is 18.7 Å². The number of amides is 2. The number of nitrogens with zero attached hydrogens (tertiary/aromatic N) is 2. The van der Waals surface area contributed by atoms with Gasteiger partial charge in [-0.2, -0.15) is 0 Å². The second kappa shape index (κ2) is 14.3. The summed E-state index contributed by atoms with van der Waals surface area (Å²) in [6.45, 7) is 6.54. The number of ether oxygens (including phenoxy) is 2. The van der Waals surface area contributed by atoms with E-state index < -0.39 is 30.1 Å². The predicted octanol–water partition coefficient (Wildman–Crippen LogP) is 3.22. The monoisotopic (exact) mass is 563 g/mol. The maximum atomic E-state index is 14.1. The Morgan fingerprint density at radius 3 is 2.27 bits per heavy atom. The summed E-state index contributed by atoms with van der Waals surface area (Å²) in [6, 6.07) is 16.4. The number of fused-ring (bicyclic) bond motifs is 1. The summed E-state index contributed by atoms with van der Waals surface area (Å²) in [7, 11) is 0. The van der Waals surface area contributed by atoms with Crippen LogP contribution in [0.3, 0.4) is 0 Å². The van der Waals surface area contributed by atoms with Gasteiger partial charge in [0.15, 0.2) is 0 Å². The number of carbonyl (C=O) groups excluding carboxylic acids is 4. The highest BCUT2D eigenvalue weighted by Gasteiger charge is 2.51. The molecule has 4 rings (SSSR count). The van der Waals surface area contributed by atoms with E-state index in [4.69, 9.17) is 9.47 Å². The van der Waals surface area contributed by atoms with Gasteiger partial charge in [-0.15, -0.1) is 0 Å². The van der Waals surface area contributed by atoms with Crippen LogP contribution in [-0.4, -0.2) is 84.0 Å². The predicted molar refractivity (Wildman–Crippen MR) is 154 cm³/mol. The van der Waals surface area contributed by atoms with Crippen molar-refractivity contribution in [1.29, 1.82) is 0 Å². The third kappa shape index (κ3) is 7.33. The fourth-order valence-electron chi connectivity index (χ4n) is 5.98. The highest BCUT2D eigenvalue weighted by Crippen LogP contribution is 2.37. The minimum Gasteiger partial charge on any atom is -0.465 e. The lowest BCUT2D eigenvalue weighted by molar-refractivity contribution is -0.155. The number of hydrogen-bond donors (Lipinski definition) is 1. The molecule has 2 heterocycles. The molecule has 220 valence electrons. The molecular weight excluding hydrogens is 522 g/mol. The first-order valence-electron chi connectivity index (χ1n) is 14.6. The van der Waals surface area contributed by atoms with Gasteiger partial charge in [0.05, 0.1) is 25.3 Å². The molecule has 5 atom stereocenters. The molecular formula is C32H41N3O6. The van der Waals surface area contributed by atoms with E-state index in [1.807, 2.05) is 48.5 Å². The molecule has 2 amide bonds. The van der Waals surface area contributed by atoms with Crippen LogP contribution in [0.4, 0.5) is 0 Å². The van der Waals surface area contributed by atoms with E-state index in [0.29, 0.717) is 44.3 Å². The average molecular weight is 564 g/mol. The maximum Gasteiger partial charge on any atom is 0.328 e. The molecule has 9 heteroatoms. The van der Waals surface area contributed by atoms with Crippen molar-refractivity contribution in [3.05, 3.63) is 71.8 Å². The van der Waals surface area contributed by atoms with Crippen LogP contribution < -0.4 is 5.32 Å². The summed E-state index contributed by atoms with van der Waals surface area (Å²) in [5.74, 6) is -1.17. The molecule has 0 radical (unpaired) electrons. The fraction of sp³-hybridized carbons (Fsp3) is 0.500. The van der Waals surface area contributed by atoms with Crippen LogP contribution in [0.15, 0.2) is 60.7 Å². The van der Waals surface area contributed by atoms with E-state index >= 15 is 0 Å². The summed E-state index contributed by atoms with van der Waals surface area (Å²) in [4.78, 5) is 56.6. The fourth-order valence-corrected chi connectivity index (χ4v) is 5.98. The molecule has 2 aromatic rings. The molecule has 0 bridgehead atoms. The van der Waals surface area contributed by atoms with Gasteiger partial charge < -0.3 is 19.3 Å². The minimum atomic E-state index is -0.768. The quantitative estimate of drug-likeness (QED) is 0.419. The smallest absolute Gasteiger partial charge is 0.328 e. The average Bonchev–Trinajstić information content (AvgIpc) is 3.38. The van der Waals surface area contributed by atoms with E-state index in [0.717, 1.165) is 5.56 Å². The molecule has 2 aliphatic rings. The van der Waals surface area contributed by atoms with Crippen LogP contribution in [0.5, 0.6) is 0 Å². The normalized spacial score (nSPS) is 21.5. The van der Waals surface area contributed by atoms with Crippen molar-refractivity contribution in [3.8, 4) is 0 Å². The van der Waals surface area contributed by atoms with E-state index in [9.17, 15) is 19.2 Å². The molecule has 41 heavy (non-hydrogen) atoms. The van der Waals surface area contributed by atoms with Gasteiger partial charge in [-0.1, -0.05) is 48.5 Å². The molecule has 2 aromatic carbocycles. The summed E-state index contributed by atoms with van der Waals surface area (Å²) in [5, 5.41) is 3.20. The van der Waals surface area contributed by atoms with Crippen LogP contribution in [0.2, 0.25) is 0 Å². The zero-order chi connectivity index (χ0) is 29.4. The second-order valence-electron chi connectivity index (χ2n) is 10.7. The number of nitrogens with one attached hydrogen (secondary N) is 1. The SMILES string of the molecule is CCOC(=O)[C@H](CCc1ccccc1)N[C@H](C)C(=O)N1[C@@H]2CN(C(=O)c3ccccc3)CC[C@@H]2C[C@H]1C(=O)OCC. The first kappa shape index (κ1) is 30.2. The van der Waals surface area contributed by atoms with E-state index in [1.54, 1.807) is 42.7 Å². The Hall–Kier alpha value is -3.72. The lowest BCUT2D eigenvalue weighted by atomic mass is 9.91. The van der Waals surface area contributed by atoms with E-state index in [2.05, 4.69) is 5.32 Å². The Morgan fingerprint density at radius 1 is 0.951 bits per heavy atom. The summed E-state index contributed by atoms with van der Waals surface area (Å²) < 4.78 is 10.7.